The first kappa shape index (κ1) is 13.5. The van der Waals surface area contributed by atoms with Crippen molar-refractivity contribution in [1.29, 1.82) is 0 Å². The first-order valence-corrected chi connectivity index (χ1v) is 5.88. The largest absolute Gasteiger partial charge is 0.460 e. The first-order chi connectivity index (χ1) is 7.38. The van der Waals surface area contributed by atoms with Gasteiger partial charge in [-0.1, -0.05) is 0 Å². The lowest BCUT2D eigenvalue weighted by molar-refractivity contribution is -0.155. The van der Waals surface area contributed by atoms with Crippen molar-refractivity contribution in [1.82, 2.24) is 4.90 Å². The maximum atomic E-state index is 11.5. The molecule has 0 aliphatic carbocycles. The molecule has 16 heavy (non-hydrogen) atoms. The summed E-state index contributed by atoms with van der Waals surface area (Å²) in [5, 5.41) is 0. The first-order valence-electron chi connectivity index (χ1n) is 5.88. The van der Waals surface area contributed by atoms with Gasteiger partial charge in [0.2, 0.25) is 0 Å². The Morgan fingerprint density at radius 1 is 1.50 bits per heavy atom. The number of rotatable bonds is 4. The average molecular weight is 229 g/mol. The maximum Gasteiger partial charge on any atom is 0.307 e. The highest BCUT2D eigenvalue weighted by Crippen LogP contribution is 2.12. The zero-order valence-corrected chi connectivity index (χ0v) is 10.8. The van der Waals surface area contributed by atoms with Crippen molar-refractivity contribution in [2.75, 3.05) is 26.8 Å². The molecule has 0 aromatic rings. The monoisotopic (exact) mass is 229 g/mol. The molecule has 0 saturated carbocycles. The Labute approximate surface area is 97.9 Å². The number of nitrogens with zero attached hydrogens (tertiary/aromatic N) is 1. The molecular weight excluding hydrogens is 206 g/mol. The van der Waals surface area contributed by atoms with E-state index in [2.05, 4.69) is 4.90 Å². The number of hydrogen-bond acceptors (Lipinski definition) is 4. The van der Waals surface area contributed by atoms with Crippen LogP contribution >= 0.6 is 0 Å². The van der Waals surface area contributed by atoms with Gasteiger partial charge in [0, 0.05) is 19.2 Å². The Morgan fingerprint density at radius 2 is 2.19 bits per heavy atom. The number of carbonyl (C=O) groups excluding carboxylic acids is 1. The van der Waals surface area contributed by atoms with Crippen LogP contribution in [0.4, 0.5) is 0 Å². The molecule has 1 aliphatic heterocycles. The van der Waals surface area contributed by atoms with Gasteiger partial charge in [0.1, 0.15) is 5.60 Å². The van der Waals surface area contributed by atoms with Crippen LogP contribution < -0.4 is 0 Å². The molecule has 0 bridgehead atoms. The summed E-state index contributed by atoms with van der Waals surface area (Å²) in [5.74, 6) is -0.127. The summed E-state index contributed by atoms with van der Waals surface area (Å²) in [4.78, 5) is 13.7. The summed E-state index contributed by atoms with van der Waals surface area (Å²) in [6.07, 6.45) is 1.51. The molecule has 0 aromatic carbocycles. The van der Waals surface area contributed by atoms with Crippen molar-refractivity contribution >= 4 is 5.97 Å². The van der Waals surface area contributed by atoms with Gasteiger partial charge in [-0.25, -0.2) is 0 Å². The Morgan fingerprint density at radius 3 is 2.69 bits per heavy atom. The van der Waals surface area contributed by atoms with Gasteiger partial charge in [0.05, 0.1) is 13.0 Å². The zero-order valence-electron chi connectivity index (χ0n) is 10.8. The van der Waals surface area contributed by atoms with Crippen LogP contribution in [0.3, 0.4) is 0 Å². The average Bonchev–Trinajstić information content (AvgIpc) is 2.64. The molecule has 1 heterocycles. The van der Waals surface area contributed by atoms with Gasteiger partial charge < -0.3 is 14.4 Å². The van der Waals surface area contributed by atoms with Gasteiger partial charge in [0.15, 0.2) is 0 Å². The Bertz CT molecular complexity index is 229. The van der Waals surface area contributed by atoms with Crippen molar-refractivity contribution in [2.45, 2.75) is 45.3 Å². The number of likely N-dealkylation sites (N-methyl/N-ethyl adjacent to an activating group) is 1. The van der Waals surface area contributed by atoms with Gasteiger partial charge in [-0.3, -0.25) is 4.79 Å². The SMILES string of the molecule is CN(CCC(=O)OC(C)(C)C)C1CCOC1. The Hall–Kier alpha value is -0.610. The second kappa shape index (κ2) is 5.64. The molecule has 1 unspecified atom stereocenters. The predicted molar refractivity (Wildman–Crippen MR) is 62.3 cm³/mol. The van der Waals surface area contributed by atoms with E-state index in [1.54, 1.807) is 0 Å². The van der Waals surface area contributed by atoms with Crippen LogP contribution in [0.15, 0.2) is 0 Å². The van der Waals surface area contributed by atoms with Crippen LogP contribution in [-0.2, 0) is 14.3 Å². The van der Waals surface area contributed by atoms with Gasteiger partial charge in [0.25, 0.3) is 0 Å². The molecule has 94 valence electrons. The number of esters is 1. The van der Waals surface area contributed by atoms with Crippen LogP contribution in [0.1, 0.15) is 33.6 Å². The van der Waals surface area contributed by atoms with E-state index >= 15 is 0 Å². The van der Waals surface area contributed by atoms with Crippen LogP contribution in [0.5, 0.6) is 0 Å². The minimum atomic E-state index is -0.383. The van der Waals surface area contributed by atoms with Crippen molar-refractivity contribution in [3.8, 4) is 0 Å². The second-order valence-electron chi connectivity index (χ2n) is 5.33. The summed E-state index contributed by atoms with van der Waals surface area (Å²) in [6.45, 7) is 8.02. The summed E-state index contributed by atoms with van der Waals surface area (Å²) >= 11 is 0. The van der Waals surface area contributed by atoms with Crippen molar-refractivity contribution in [3.05, 3.63) is 0 Å². The highest BCUT2D eigenvalue weighted by atomic mass is 16.6. The highest BCUT2D eigenvalue weighted by molar-refractivity contribution is 5.70. The third-order valence-electron chi connectivity index (χ3n) is 2.62. The molecule has 0 N–H and O–H groups in total. The maximum absolute atomic E-state index is 11.5. The predicted octanol–water partition coefficient (Wildman–Crippen LogP) is 1.44. The van der Waals surface area contributed by atoms with Gasteiger partial charge in [-0.05, 0) is 34.2 Å². The third-order valence-corrected chi connectivity index (χ3v) is 2.62. The van der Waals surface area contributed by atoms with E-state index in [1.807, 2.05) is 27.8 Å². The molecule has 4 nitrogen and oxygen atoms in total. The second-order valence-corrected chi connectivity index (χ2v) is 5.33. The van der Waals surface area contributed by atoms with E-state index in [0.717, 1.165) is 26.2 Å². The molecule has 1 atom stereocenters. The quantitative estimate of drug-likeness (QED) is 0.684. The molecule has 1 aliphatic rings. The minimum absolute atomic E-state index is 0.127. The van der Waals surface area contributed by atoms with Crippen LogP contribution in [0.2, 0.25) is 0 Å². The fourth-order valence-electron chi connectivity index (χ4n) is 1.71. The van der Waals surface area contributed by atoms with Crippen molar-refractivity contribution in [2.24, 2.45) is 0 Å². The Balaban J connectivity index is 2.20. The lowest BCUT2D eigenvalue weighted by atomic mass is 10.2. The van der Waals surface area contributed by atoms with E-state index in [4.69, 9.17) is 9.47 Å². The lowest BCUT2D eigenvalue weighted by Crippen LogP contribution is -2.34. The smallest absolute Gasteiger partial charge is 0.307 e. The van der Waals surface area contributed by atoms with E-state index in [1.165, 1.54) is 0 Å². The normalized spacial score (nSPS) is 21.4. The van der Waals surface area contributed by atoms with Crippen molar-refractivity contribution in [3.63, 3.8) is 0 Å². The van der Waals surface area contributed by atoms with Crippen LogP contribution in [0, 0.1) is 0 Å². The van der Waals surface area contributed by atoms with Gasteiger partial charge in [-0.15, -0.1) is 0 Å². The topological polar surface area (TPSA) is 38.8 Å². The zero-order chi connectivity index (χ0) is 12.2. The molecule has 1 saturated heterocycles. The van der Waals surface area contributed by atoms with Crippen LogP contribution in [0.25, 0.3) is 0 Å². The van der Waals surface area contributed by atoms with E-state index in [0.29, 0.717) is 12.5 Å². The molecule has 0 aromatic heterocycles. The summed E-state index contributed by atoms with van der Waals surface area (Å²) in [5.41, 5.74) is -0.383. The van der Waals surface area contributed by atoms with Crippen molar-refractivity contribution < 1.29 is 14.3 Å². The fourth-order valence-corrected chi connectivity index (χ4v) is 1.71. The molecule has 0 radical (unpaired) electrons. The number of ether oxygens (including phenoxy) is 2. The molecule has 1 rings (SSSR count). The Kier molecular flexibility index (Phi) is 4.74. The number of hydrogen-bond donors (Lipinski definition) is 0. The van der Waals surface area contributed by atoms with Gasteiger partial charge >= 0.3 is 5.97 Å². The standard InChI is InChI=1S/C12H23NO3/c1-12(2,3)16-11(14)5-7-13(4)10-6-8-15-9-10/h10H,5-9H2,1-4H3. The van der Waals surface area contributed by atoms with E-state index in [9.17, 15) is 4.79 Å². The lowest BCUT2D eigenvalue weighted by Gasteiger charge is -2.24. The molecule has 0 amide bonds. The van der Waals surface area contributed by atoms with E-state index in [-0.39, 0.29) is 11.6 Å². The summed E-state index contributed by atoms with van der Waals surface area (Å²) in [6, 6.07) is 0.461. The summed E-state index contributed by atoms with van der Waals surface area (Å²) in [7, 11) is 2.03. The summed E-state index contributed by atoms with van der Waals surface area (Å²) < 4.78 is 10.6. The molecule has 0 spiro atoms. The van der Waals surface area contributed by atoms with Gasteiger partial charge in [-0.2, -0.15) is 0 Å². The highest BCUT2D eigenvalue weighted by Gasteiger charge is 2.22. The fraction of sp³-hybridized carbons (Fsp3) is 0.917. The van der Waals surface area contributed by atoms with Crippen LogP contribution in [-0.4, -0.2) is 49.3 Å². The molecule has 4 heteroatoms. The van der Waals surface area contributed by atoms with E-state index < -0.39 is 0 Å². The molecule has 1 fully saturated rings. The third kappa shape index (κ3) is 4.94. The molecular formula is C12H23NO3. The minimum Gasteiger partial charge on any atom is -0.460 e. The number of carbonyl (C=O) groups is 1.